The van der Waals surface area contributed by atoms with E-state index in [0.29, 0.717) is 5.16 Å². The molecule has 0 aliphatic rings. The van der Waals surface area contributed by atoms with Gasteiger partial charge in [0.05, 0.1) is 6.42 Å². The van der Waals surface area contributed by atoms with Crippen molar-refractivity contribution in [1.29, 1.82) is 0 Å². The number of carbonyl (C=O) groups is 2. The summed E-state index contributed by atoms with van der Waals surface area (Å²) in [5, 5.41) is 27.5. The Morgan fingerprint density at radius 2 is 2.18 bits per heavy atom. The summed E-state index contributed by atoms with van der Waals surface area (Å²) in [6.45, 7) is 0. The molecule has 0 saturated heterocycles. The number of thioether (sulfide) groups is 1. The lowest BCUT2D eigenvalue weighted by atomic mass is 10.1. The second-order valence-electron chi connectivity index (χ2n) is 3.20. The van der Waals surface area contributed by atoms with Gasteiger partial charge in [-0.1, -0.05) is 11.8 Å². The van der Waals surface area contributed by atoms with Gasteiger partial charge < -0.3 is 15.9 Å². The lowest BCUT2D eigenvalue weighted by Crippen LogP contribution is -2.41. The summed E-state index contributed by atoms with van der Waals surface area (Å²) in [5.41, 5.74) is 5.41. The molecule has 1 aromatic heterocycles. The van der Waals surface area contributed by atoms with E-state index in [1.54, 1.807) is 7.05 Å². The number of carboxylic acids is 2. The van der Waals surface area contributed by atoms with E-state index < -0.39 is 23.2 Å². The molecule has 1 heterocycles. The highest BCUT2D eigenvalue weighted by molar-refractivity contribution is 7.99. The van der Waals surface area contributed by atoms with Gasteiger partial charge in [0, 0.05) is 12.3 Å². The Hall–Kier alpha value is -1.68. The highest BCUT2D eigenvalue weighted by Crippen LogP contribution is 2.24. The molecule has 1 rings (SSSR count). The van der Waals surface area contributed by atoms with Crippen molar-refractivity contribution in [1.82, 2.24) is 20.2 Å². The maximum absolute atomic E-state index is 10.7. The van der Waals surface area contributed by atoms with E-state index >= 15 is 0 Å². The highest BCUT2D eigenvalue weighted by Gasteiger charge is 2.29. The molecule has 1 unspecified atom stereocenters. The first-order valence-corrected chi connectivity index (χ1v) is 5.39. The molecular formula is C7H11N5O4S. The number of rotatable bonds is 6. The molecule has 4 N–H and O–H groups in total. The van der Waals surface area contributed by atoms with Crippen LogP contribution in [0.5, 0.6) is 0 Å². The van der Waals surface area contributed by atoms with Crippen molar-refractivity contribution in [2.45, 2.75) is 22.9 Å². The predicted molar refractivity (Wildman–Crippen MR) is 56.3 cm³/mol. The third-order valence-corrected chi connectivity index (χ3v) is 3.22. The van der Waals surface area contributed by atoms with E-state index in [2.05, 4.69) is 15.5 Å². The molecule has 0 fully saturated rings. The number of aromatic nitrogens is 4. The van der Waals surface area contributed by atoms with E-state index in [1.807, 2.05) is 0 Å². The first kappa shape index (κ1) is 13.4. The van der Waals surface area contributed by atoms with Gasteiger partial charge in [0.2, 0.25) is 5.16 Å². The summed E-state index contributed by atoms with van der Waals surface area (Å²) in [4.78, 5) is 21.4. The minimum Gasteiger partial charge on any atom is -0.481 e. The number of nitrogens with zero attached hydrogens (tertiary/aromatic N) is 4. The molecule has 0 amide bonds. The fourth-order valence-electron chi connectivity index (χ4n) is 1.03. The number of nitrogens with two attached hydrogens (primary N) is 1. The number of aryl methyl sites for hydroxylation is 1. The molecule has 0 bridgehead atoms. The van der Waals surface area contributed by atoms with Crippen LogP contribution in [0.3, 0.4) is 0 Å². The molecule has 0 aromatic carbocycles. The quantitative estimate of drug-likeness (QED) is 0.524. The lowest BCUT2D eigenvalue weighted by Gasteiger charge is -2.17. The highest BCUT2D eigenvalue weighted by atomic mass is 32.2. The predicted octanol–water partition coefficient (Wildman–Crippen LogP) is -1.44. The Morgan fingerprint density at radius 3 is 2.59 bits per heavy atom. The van der Waals surface area contributed by atoms with E-state index in [0.717, 1.165) is 11.8 Å². The zero-order valence-corrected chi connectivity index (χ0v) is 9.66. The van der Waals surface area contributed by atoms with E-state index in [1.165, 1.54) is 4.68 Å². The molecule has 9 nitrogen and oxygen atoms in total. The monoisotopic (exact) mass is 261 g/mol. The van der Waals surface area contributed by atoms with E-state index in [4.69, 9.17) is 15.9 Å². The zero-order chi connectivity index (χ0) is 13.0. The number of hydrogen-bond acceptors (Lipinski definition) is 7. The molecule has 94 valence electrons. The van der Waals surface area contributed by atoms with Crippen molar-refractivity contribution in [3.8, 4) is 0 Å². The third kappa shape index (κ3) is 3.67. The van der Waals surface area contributed by atoms with Crippen molar-refractivity contribution in [2.24, 2.45) is 12.8 Å². The van der Waals surface area contributed by atoms with Crippen LogP contribution in [0.4, 0.5) is 0 Å². The Kier molecular flexibility index (Phi) is 4.40. The summed E-state index contributed by atoms with van der Waals surface area (Å²) in [5.74, 6) is -2.40. The maximum atomic E-state index is 10.7. The van der Waals surface area contributed by atoms with Gasteiger partial charge in [-0.05, 0) is 10.4 Å². The molecule has 2 atom stereocenters. The van der Waals surface area contributed by atoms with Gasteiger partial charge in [-0.25, -0.2) is 4.68 Å². The van der Waals surface area contributed by atoms with Gasteiger partial charge in [-0.2, -0.15) is 0 Å². The molecule has 0 saturated carbocycles. The summed E-state index contributed by atoms with van der Waals surface area (Å²) in [7, 11) is 1.56. The largest absolute Gasteiger partial charge is 0.481 e. The maximum Gasteiger partial charge on any atom is 0.321 e. The topological polar surface area (TPSA) is 144 Å². The normalized spacial score (nSPS) is 14.2. The number of hydrogen-bond donors (Lipinski definition) is 3. The van der Waals surface area contributed by atoms with Crippen molar-refractivity contribution in [2.75, 3.05) is 0 Å². The first-order valence-electron chi connectivity index (χ1n) is 4.51. The fourth-order valence-corrected chi connectivity index (χ4v) is 2.06. The zero-order valence-electron chi connectivity index (χ0n) is 8.85. The van der Waals surface area contributed by atoms with Gasteiger partial charge in [0.15, 0.2) is 0 Å². The van der Waals surface area contributed by atoms with E-state index in [-0.39, 0.29) is 6.42 Å². The summed E-state index contributed by atoms with van der Waals surface area (Å²) in [6.07, 6.45) is -0.384. The van der Waals surface area contributed by atoms with Crippen LogP contribution in [0.15, 0.2) is 5.16 Å². The van der Waals surface area contributed by atoms with Crippen molar-refractivity contribution in [3.63, 3.8) is 0 Å². The van der Waals surface area contributed by atoms with Crippen LogP contribution < -0.4 is 5.73 Å². The second-order valence-corrected chi connectivity index (χ2v) is 4.41. The van der Waals surface area contributed by atoms with Crippen LogP contribution in [-0.2, 0) is 16.6 Å². The van der Waals surface area contributed by atoms with Crippen LogP contribution in [-0.4, -0.2) is 53.7 Å². The number of aliphatic carboxylic acids is 2. The van der Waals surface area contributed by atoms with Gasteiger partial charge in [-0.15, -0.1) is 5.10 Å². The number of tetrazole rings is 1. The Morgan fingerprint density at radius 1 is 1.53 bits per heavy atom. The van der Waals surface area contributed by atoms with Crippen molar-refractivity contribution < 1.29 is 19.8 Å². The molecule has 0 aliphatic carbocycles. The molecule has 0 aliphatic heterocycles. The average Bonchev–Trinajstić information content (AvgIpc) is 2.61. The third-order valence-electron chi connectivity index (χ3n) is 1.90. The Bertz CT molecular complexity index is 422. The summed E-state index contributed by atoms with van der Waals surface area (Å²) >= 11 is 0.927. The van der Waals surface area contributed by atoms with Crippen LogP contribution in [0, 0.1) is 0 Å². The Balaban J connectivity index is 2.80. The van der Waals surface area contributed by atoms with Gasteiger partial charge in [0.25, 0.3) is 0 Å². The minimum atomic E-state index is -1.30. The average molecular weight is 261 g/mol. The lowest BCUT2D eigenvalue weighted by molar-refractivity contribution is -0.139. The Labute approximate surface area is 100.0 Å². The van der Waals surface area contributed by atoms with Gasteiger partial charge in [-0.3, -0.25) is 9.59 Å². The SMILES string of the molecule is Cn1nnnc1SC(CC(=O)O)[C@H](N)C(=O)O. The van der Waals surface area contributed by atoms with Crippen LogP contribution in [0.25, 0.3) is 0 Å². The molecule has 17 heavy (non-hydrogen) atoms. The number of carboxylic acid groups (broad SMARTS) is 2. The van der Waals surface area contributed by atoms with Gasteiger partial charge >= 0.3 is 11.9 Å². The molecular weight excluding hydrogens is 250 g/mol. The van der Waals surface area contributed by atoms with Crippen molar-refractivity contribution >= 4 is 23.7 Å². The summed E-state index contributed by atoms with van der Waals surface area (Å²) in [6, 6.07) is -1.30. The fraction of sp³-hybridized carbons (Fsp3) is 0.571. The molecule has 0 radical (unpaired) electrons. The summed E-state index contributed by atoms with van der Waals surface area (Å²) < 4.78 is 1.31. The standard InChI is InChI=1S/C7H11N5O4S/c1-12-7(9-10-11-12)17-3(2-4(13)14)5(8)6(15)16/h3,5H,2,8H2,1H3,(H,13,14)(H,15,16)/t3?,5-/m0/s1. The molecule has 10 heteroatoms. The second kappa shape index (κ2) is 5.59. The van der Waals surface area contributed by atoms with E-state index in [9.17, 15) is 9.59 Å². The molecule has 1 aromatic rings. The van der Waals surface area contributed by atoms with Gasteiger partial charge in [0.1, 0.15) is 6.04 Å². The van der Waals surface area contributed by atoms with Crippen LogP contribution >= 0.6 is 11.8 Å². The van der Waals surface area contributed by atoms with Crippen LogP contribution in [0.2, 0.25) is 0 Å². The van der Waals surface area contributed by atoms with Crippen molar-refractivity contribution in [3.05, 3.63) is 0 Å². The van der Waals surface area contributed by atoms with Crippen LogP contribution in [0.1, 0.15) is 6.42 Å². The minimum absolute atomic E-state index is 0.313. The molecule has 0 spiro atoms. The first-order chi connectivity index (χ1) is 7.91. The smallest absolute Gasteiger partial charge is 0.321 e.